The largest absolute Gasteiger partial charge is 0.377 e. The average Bonchev–Trinajstić information content (AvgIpc) is 2.92. The summed E-state index contributed by atoms with van der Waals surface area (Å²) in [6, 6.07) is 1.96. The molecule has 2 aliphatic rings. The van der Waals surface area contributed by atoms with Crippen LogP contribution >= 0.6 is 0 Å². The third-order valence-electron chi connectivity index (χ3n) is 4.68. The Morgan fingerprint density at radius 1 is 1.39 bits per heavy atom. The lowest BCUT2D eigenvalue weighted by Crippen LogP contribution is -2.60. The Hall–Kier alpha value is -0.120. The Morgan fingerprint density at radius 3 is 2.83 bits per heavy atom. The van der Waals surface area contributed by atoms with Crippen LogP contribution in [0, 0.1) is 0 Å². The second-order valence-electron chi connectivity index (χ2n) is 5.94. The van der Waals surface area contributed by atoms with Gasteiger partial charge in [-0.05, 0) is 32.6 Å². The number of piperazine rings is 1. The van der Waals surface area contributed by atoms with Crippen LogP contribution in [0.25, 0.3) is 0 Å². The molecule has 2 fully saturated rings. The topological polar surface area (TPSA) is 24.5 Å². The minimum absolute atomic E-state index is 0.472. The number of hydrogen-bond donors (Lipinski definition) is 1. The summed E-state index contributed by atoms with van der Waals surface area (Å²) in [5.41, 5.74) is 0. The van der Waals surface area contributed by atoms with Gasteiger partial charge in [0.1, 0.15) is 0 Å². The maximum absolute atomic E-state index is 5.89. The van der Waals surface area contributed by atoms with Crippen LogP contribution in [0.2, 0.25) is 0 Å². The van der Waals surface area contributed by atoms with Gasteiger partial charge in [0.25, 0.3) is 0 Å². The third kappa shape index (κ3) is 3.25. The van der Waals surface area contributed by atoms with Crippen molar-refractivity contribution in [2.45, 2.75) is 77.1 Å². The number of rotatable bonds is 5. The lowest BCUT2D eigenvalue weighted by Gasteiger charge is -2.45. The molecule has 0 radical (unpaired) electrons. The van der Waals surface area contributed by atoms with Crippen LogP contribution < -0.4 is 5.32 Å². The van der Waals surface area contributed by atoms with Gasteiger partial charge in [0.2, 0.25) is 0 Å². The van der Waals surface area contributed by atoms with Gasteiger partial charge in [-0.1, -0.05) is 20.3 Å². The molecule has 3 nitrogen and oxygen atoms in total. The fraction of sp³-hybridized carbons (Fsp3) is 1.00. The highest BCUT2D eigenvalue weighted by Gasteiger charge is 2.34. The molecule has 0 spiro atoms. The van der Waals surface area contributed by atoms with Crippen molar-refractivity contribution in [2.75, 3.05) is 19.7 Å². The zero-order chi connectivity index (χ0) is 13.0. The predicted octanol–water partition coefficient (Wildman–Crippen LogP) is 2.41. The van der Waals surface area contributed by atoms with Crippen molar-refractivity contribution in [1.29, 1.82) is 0 Å². The Kier molecular flexibility index (Phi) is 5.46. The van der Waals surface area contributed by atoms with Crippen LogP contribution in [-0.4, -0.2) is 48.8 Å². The lowest BCUT2D eigenvalue weighted by atomic mass is 9.98. The van der Waals surface area contributed by atoms with E-state index in [0.29, 0.717) is 24.2 Å². The summed E-state index contributed by atoms with van der Waals surface area (Å²) >= 11 is 0. The molecule has 0 saturated carbocycles. The highest BCUT2D eigenvalue weighted by Crippen LogP contribution is 2.24. The number of hydrogen-bond acceptors (Lipinski definition) is 3. The predicted molar refractivity (Wildman–Crippen MR) is 75.9 cm³/mol. The van der Waals surface area contributed by atoms with Gasteiger partial charge < -0.3 is 10.1 Å². The minimum Gasteiger partial charge on any atom is -0.377 e. The summed E-state index contributed by atoms with van der Waals surface area (Å²) in [6.45, 7) is 10.3. The maximum Gasteiger partial charge on any atom is 0.0728 e. The summed E-state index contributed by atoms with van der Waals surface area (Å²) in [5, 5.41) is 3.71. The zero-order valence-corrected chi connectivity index (χ0v) is 12.3. The third-order valence-corrected chi connectivity index (χ3v) is 4.68. The minimum atomic E-state index is 0.472. The monoisotopic (exact) mass is 254 g/mol. The molecular formula is C15H30N2O. The quantitative estimate of drug-likeness (QED) is 0.815. The van der Waals surface area contributed by atoms with E-state index in [1.165, 1.54) is 38.6 Å². The van der Waals surface area contributed by atoms with Gasteiger partial charge in [0.05, 0.1) is 6.10 Å². The maximum atomic E-state index is 5.89. The molecule has 18 heavy (non-hydrogen) atoms. The fourth-order valence-electron chi connectivity index (χ4n) is 3.50. The van der Waals surface area contributed by atoms with E-state index < -0.39 is 0 Å². The molecule has 0 aromatic rings. The van der Waals surface area contributed by atoms with Gasteiger partial charge >= 0.3 is 0 Å². The van der Waals surface area contributed by atoms with Crippen molar-refractivity contribution < 1.29 is 4.74 Å². The van der Waals surface area contributed by atoms with Gasteiger partial charge in [-0.25, -0.2) is 0 Å². The molecule has 0 amide bonds. The number of ether oxygens (including phenoxy) is 1. The van der Waals surface area contributed by atoms with E-state index in [1.54, 1.807) is 0 Å². The second kappa shape index (κ2) is 6.88. The molecule has 4 unspecified atom stereocenters. The standard InChI is InChI=1S/C15H30N2O/c1-4-7-13-11-17(14(5-2)10-16-13)12(3)15-8-6-9-18-15/h12-16H,4-11H2,1-3H3. The van der Waals surface area contributed by atoms with Crippen molar-refractivity contribution in [1.82, 2.24) is 10.2 Å². The highest BCUT2D eigenvalue weighted by atomic mass is 16.5. The van der Waals surface area contributed by atoms with Crippen LogP contribution in [0.5, 0.6) is 0 Å². The summed E-state index contributed by atoms with van der Waals surface area (Å²) in [4.78, 5) is 2.72. The molecule has 3 heteroatoms. The van der Waals surface area contributed by atoms with Crippen LogP contribution in [0.4, 0.5) is 0 Å². The summed E-state index contributed by atoms with van der Waals surface area (Å²) in [5.74, 6) is 0. The molecule has 2 rings (SSSR count). The van der Waals surface area contributed by atoms with Crippen LogP contribution in [0.3, 0.4) is 0 Å². The van der Waals surface area contributed by atoms with Gasteiger partial charge in [-0.3, -0.25) is 4.90 Å². The van der Waals surface area contributed by atoms with E-state index >= 15 is 0 Å². The smallest absolute Gasteiger partial charge is 0.0728 e. The molecule has 0 bridgehead atoms. The van der Waals surface area contributed by atoms with E-state index in [4.69, 9.17) is 4.74 Å². The summed E-state index contributed by atoms with van der Waals surface area (Å²) in [6.07, 6.45) is 6.78. The van der Waals surface area contributed by atoms with Gasteiger partial charge in [0, 0.05) is 37.8 Å². The SMILES string of the molecule is CCCC1CN(C(C)C2CCCO2)C(CC)CN1. The molecule has 2 aliphatic heterocycles. The van der Waals surface area contributed by atoms with Crippen molar-refractivity contribution in [3.8, 4) is 0 Å². The molecule has 2 saturated heterocycles. The lowest BCUT2D eigenvalue weighted by molar-refractivity contribution is -0.00597. The van der Waals surface area contributed by atoms with E-state index in [9.17, 15) is 0 Å². The first-order valence-electron chi connectivity index (χ1n) is 7.87. The van der Waals surface area contributed by atoms with E-state index in [2.05, 4.69) is 31.0 Å². The number of nitrogens with one attached hydrogen (secondary N) is 1. The zero-order valence-electron chi connectivity index (χ0n) is 12.3. The van der Waals surface area contributed by atoms with E-state index in [-0.39, 0.29) is 0 Å². The first kappa shape index (κ1) is 14.3. The molecule has 1 N–H and O–H groups in total. The Morgan fingerprint density at radius 2 is 2.22 bits per heavy atom. The summed E-state index contributed by atoms with van der Waals surface area (Å²) in [7, 11) is 0. The van der Waals surface area contributed by atoms with Crippen LogP contribution in [0.1, 0.15) is 52.9 Å². The molecule has 2 heterocycles. The van der Waals surface area contributed by atoms with Crippen molar-refractivity contribution >= 4 is 0 Å². The normalized spacial score (nSPS) is 35.8. The van der Waals surface area contributed by atoms with Crippen molar-refractivity contribution in [3.63, 3.8) is 0 Å². The molecule has 4 atom stereocenters. The molecule has 106 valence electrons. The molecular weight excluding hydrogens is 224 g/mol. The van der Waals surface area contributed by atoms with Crippen LogP contribution in [-0.2, 0) is 4.74 Å². The van der Waals surface area contributed by atoms with E-state index in [0.717, 1.165) is 13.2 Å². The molecule has 0 aromatic heterocycles. The fourth-order valence-corrected chi connectivity index (χ4v) is 3.50. The second-order valence-corrected chi connectivity index (χ2v) is 5.94. The van der Waals surface area contributed by atoms with Gasteiger partial charge in [-0.2, -0.15) is 0 Å². The number of nitrogens with zero attached hydrogens (tertiary/aromatic N) is 1. The van der Waals surface area contributed by atoms with Gasteiger partial charge in [-0.15, -0.1) is 0 Å². The Balaban J connectivity index is 1.95. The first-order chi connectivity index (χ1) is 8.76. The van der Waals surface area contributed by atoms with E-state index in [1.807, 2.05) is 0 Å². The van der Waals surface area contributed by atoms with Crippen molar-refractivity contribution in [3.05, 3.63) is 0 Å². The first-order valence-corrected chi connectivity index (χ1v) is 7.87. The Labute approximate surface area is 112 Å². The van der Waals surface area contributed by atoms with Crippen molar-refractivity contribution in [2.24, 2.45) is 0 Å². The average molecular weight is 254 g/mol. The Bertz CT molecular complexity index is 241. The van der Waals surface area contributed by atoms with Crippen LogP contribution in [0.15, 0.2) is 0 Å². The molecule has 0 aliphatic carbocycles. The molecule has 0 aromatic carbocycles. The highest BCUT2D eigenvalue weighted by molar-refractivity contribution is 4.91. The summed E-state index contributed by atoms with van der Waals surface area (Å²) < 4.78 is 5.89. The van der Waals surface area contributed by atoms with Gasteiger partial charge in [0.15, 0.2) is 0 Å².